The van der Waals surface area contributed by atoms with Crippen LogP contribution in [0.5, 0.6) is 0 Å². The summed E-state index contributed by atoms with van der Waals surface area (Å²) in [5.41, 5.74) is 0. The third kappa shape index (κ3) is 3.13. The smallest absolute Gasteiger partial charge is 0.254 e. The van der Waals surface area contributed by atoms with E-state index in [1.54, 1.807) is 0 Å². The van der Waals surface area contributed by atoms with Gasteiger partial charge in [-0.1, -0.05) is 55.1 Å². The molecule has 0 aromatic heterocycles. The Morgan fingerprint density at radius 2 is 1.56 bits per heavy atom. The zero-order valence-electron chi connectivity index (χ0n) is 7.17. The molecule has 1 rings (SSSR count). The summed E-state index contributed by atoms with van der Waals surface area (Å²) < 4.78 is -0.825. The Balaban J connectivity index is 2.83. The highest BCUT2D eigenvalue weighted by Crippen LogP contribution is 2.46. The lowest BCUT2D eigenvalue weighted by Crippen LogP contribution is -2.31. The molecule has 1 aliphatic rings. The summed E-state index contributed by atoms with van der Waals surface area (Å²) in [5.74, 6) is -0.923. The topological polar surface area (TPSA) is 37.4 Å². The summed E-state index contributed by atoms with van der Waals surface area (Å²) in [6, 6.07) is 0. The van der Waals surface area contributed by atoms with Crippen molar-refractivity contribution in [2.75, 3.05) is 0 Å². The van der Waals surface area contributed by atoms with Crippen molar-refractivity contribution in [2.45, 2.75) is 18.2 Å². The van der Waals surface area contributed by atoms with Crippen LogP contribution in [-0.4, -0.2) is 34.3 Å². The summed E-state index contributed by atoms with van der Waals surface area (Å²) in [5, 5.41) is 0. The zero-order valence-corrected chi connectivity index (χ0v) is 14.2. The van der Waals surface area contributed by atoms with Crippen molar-refractivity contribution < 1.29 is 9.59 Å². The number of hydrogen-bond acceptors (Lipinski definition) is 3. The Morgan fingerprint density at radius 3 is 1.88 bits per heavy atom. The molecule has 0 aromatic rings. The molecule has 92 valence electrons. The summed E-state index contributed by atoms with van der Waals surface area (Å²) in [6.45, 7) is 0. The minimum absolute atomic E-state index is 0.462. The number of halogens is 6. The van der Waals surface area contributed by atoms with Crippen molar-refractivity contribution in [3.05, 3.63) is 0 Å². The standard InChI is InChI=1S/C6H3Br2Cl4NO2S/c7-1-2(8)4(15)13(3(1)14)16-6(11,12)5(9)10/h1-2,5H. The monoisotopic (exact) mass is 451 g/mol. The van der Waals surface area contributed by atoms with E-state index in [9.17, 15) is 9.59 Å². The van der Waals surface area contributed by atoms with Gasteiger partial charge in [-0.25, -0.2) is 4.31 Å². The number of rotatable bonds is 3. The first-order valence-corrected chi connectivity index (χ1v) is 7.93. The highest BCUT2D eigenvalue weighted by atomic mass is 79.9. The summed E-state index contributed by atoms with van der Waals surface area (Å²) in [7, 11) is 0. The van der Waals surface area contributed by atoms with Crippen LogP contribution in [0.4, 0.5) is 0 Å². The fourth-order valence-electron chi connectivity index (χ4n) is 0.835. The van der Waals surface area contributed by atoms with Gasteiger partial charge in [-0.15, -0.1) is 23.2 Å². The van der Waals surface area contributed by atoms with Gasteiger partial charge in [0.05, 0.1) is 0 Å². The Morgan fingerprint density at radius 1 is 1.19 bits per heavy atom. The molecule has 0 N–H and O–H groups in total. The molecule has 1 saturated heterocycles. The van der Waals surface area contributed by atoms with E-state index >= 15 is 0 Å². The van der Waals surface area contributed by atoms with E-state index < -0.39 is 30.0 Å². The first-order chi connectivity index (χ1) is 7.18. The van der Waals surface area contributed by atoms with Gasteiger partial charge in [0, 0.05) is 11.9 Å². The third-order valence-corrected chi connectivity index (χ3v) is 7.38. The summed E-state index contributed by atoms with van der Waals surface area (Å²) in [4.78, 5) is 20.8. The molecule has 0 radical (unpaired) electrons. The average Bonchev–Trinajstić information content (AvgIpc) is 2.35. The summed E-state index contributed by atoms with van der Waals surface area (Å²) in [6.07, 6.45) is 0. The quantitative estimate of drug-likeness (QED) is 0.372. The second kappa shape index (κ2) is 5.72. The van der Waals surface area contributed by atoms with E-state index in [2.05, 4.69) is 31.9 Å². The number of nitrogens with zero attached hydrogens (tertiary/aromatic N) is 1. The van der Waals surface area contributed by atoms with Crippen molar-refractivity contribution in [1.29, 1.82) is 0 Å². The van der Waals surface area contributed by atoms with Crippen LogP contribution in [0.25, 0.3) is 0 Å². The molecule has 2 unspecified atom stereocenters. The number of hydrogen-bond donors (Lipinski definition) is 0. The summed E-state index contributed by atoms with van der Waals surface area (Å²) >= 11 is 29.3. The van der Waals surface area contributed by atoms with Crippen molar-refractivity contribution in [3.8, 4) is 0 Å². The molecule has 1 heterocycles. The average molecular weight is 455 g/mol. The first-order valence-electron chi connectivity index (χ1n) is 3.69. The van der Waals surface area contributed by atoms with E-state index in [4.69, 9.17) is 46.4 Å². The fraction of sp³-hybridized carbons (Fsp3) is 0.667. The van der Waals surface area contributed by atoms with E-state index in [1.807, 2.05) is 0 Å². The van der Waals surface area contributed by atoms with E-state index in [-0.39, 0.29) is 0 Å². The van der Waals surface area contributed by atoms with Crippen LogP contribution in [0.1, 0.15) is 0 Å². The molecule has 1 fully saturated rings. The molecule has 2 amide bonds. The lowest BCUT2D eigenvalue weighted by atomic mass is 10.4. The fourth-order valence-corrected chi connectivity index (χ4v) is 3.35. The minimum Gasteiger partial charge on any atom is -0.272 e. The van der Waals surface area contributed by atoms with E-state index in [0.29, 0.717) is 11.9 Å². The van der Waals surface area contributed by atoms with Crippen LogP contribution in [0.2, 0.25) is 0 Å². The van der Waals surface area contributed by atoms with Gasteiger partial charge in [-0.2, -0.15) is 0 Å². The normalized spacial score (nSPS) is 27.1. The van der Waals surface area contributed by atoms with Gasteiger partial charge in [0.25, 0.3) is 11.8 Å². The molecule has 16 heavy (non-hydrogen) atoms. The molecule has 0 aliphatic carbocycles. The Kier molecular flexibility index (Phi) is 5.60. The lowest BCUT2D eigenvalue weighted by molar-refractivity contribution is -0.131. The van der Waals surface area contributed by atoms with Crippen LogP contribution < -0.4 is 0 Å². The number of amides is 2. The highest BCUT2D eigenvalue weighted by Gasteiger charge is 2.50. The van der Waals surface area contributed by atoms with E-state index in [1.165, 1.54) is 0 Å². The maximum Gasteiger partial charge on any atom is 0.254 e. The van der Waals surface area contributed by atoms with Gasteiger partial charge in [0.1, 0.15) is 9.65 Å². The Hall–Kier alpha value is 1.61. The number of carbonyl (C=O) groups excluding carboxylic acids is 2. The molecule has 1 aliphatic heterocycles. The predicted molar refractivity (Wildman–Crippen MR) is 74.8 cm³/mol. The van der Waals surface area contributed by atoms with E-state index in [0.717, 1.165) is 4.31 Å². The third-order valence-electron chi connectivity index (χ3n) is 1.60. The van der Waals surface area contributed by atoms with Crippen LogP contribution in [-0.2, 0) is 9.59 Å². The highest BCUT2D eigenvalue weighted by molar-refractivity contribution is 9.12. The molecule has 2 atom stereocenters. The number of imide groups is 1. The van der Waals surface area contributed by atoms with Crippen molar-refractivity contribution in [1.82, 2.24) is 4.31 Å². The zero-order chi connectivity index (χ0) is 12.7. The second-order valence-corrected chi connectivity index (χ2v) is 8.82. The number of alkyl halides is 6. The van der Waals surface area contributed by atoms with Crippen LogP contribution >= 0.6 is 90.2 Å². The first kappa shape index (κ1) is 15.7. The van der Waals surface area contributed by atoms with Gasteiger partial charge < -0.3 is 0 Å². The Bertz CT molecular complexity index is 310. The molecule has 0 bridgehead atoms. The molecular weight excluding hydrogens is 452 g/mol. The van der Waals surface area contributed by atoms with Crippen molar-refractivity contribution in [3.63, 3.8) is 0 Å². The van der Waals surface area contributed by atoms with Gasteiger partial charge in [0.15, 0.2) is 4.84 Å². The maximum atomic E-state index is 11.6. The van der Waals surface area contributed by atoms with Gasteiger partial charge in [-0.3, -0.25) is 9.59 Å². The Labute approximate surface area is 133 Å². The van der Waals surface area contributed by atoms with Crippen molar-refractivity contribution >= 4 is 102 Å². The SMILES string of the molecule is O=C1C(Br)C(Br)C(=O)N1SC(Cl)(Cl)C(Cl)Cl. The molecule has 10 heteroatoms. The maximum absolute atomic E-state index is 11.6. The van der Waals surface area contributed by atoms with Crippen LogP contribution in [0, 0.1) is 0 Å². The van der Waals surface area contributed by atoms with Gasteiger partial charge >= 0.3 is 0 Å². The molecule has 0 aromatic carbocycles. The van der Waals surface area contributed by atoms with Crippen molar-refractivity contribution in [2.24, 2.45) is 0 Å². The lowest BCUT2D eigenvalue weighted by Gasteiger charge is -2.24. The molecule has 0 saturated carbocycles. The minimum atomic E-state index is -1.67. The van der Waals surface area contributed by atoms with Gasteiger partial charge in [0.2, 0.25) is 3.67 Å². The van der Waals surface area contributed by atoms with Crippen LogP contribution in [0.15, 0.2) is 0 Å². The molecule has 0 spiro atoms. The molecular formula is C6H3Br2Cl4NO2S. The predicted octanol–water partition coefficient (Wildman–Crippen LogP) is 3.47. The van der Waals surface area contributed by atoms with Gasteiger partial charge in [-0.05, 0) is 0 Å². The van der Waals surface area contributed by atoms with Crippen LogP contribution in [0.3, 0.4) is 0 Å². The molecule has 3 nitrogen and oxygen atoms in total. The number of carbonyl (C=O) groups is 2. The second-order valence-electron chi connectivity index (χ2n) is 2.73. The largest absolute Gasteiger partial charge is 0.272 e.